The number of hydrogen-bond acceptors (Lipinski definition) is 4. The van der Waals surface area contributed by atoms with E-state index in [-0.39, 0.29) is 5.97 Å². The van der Waals surface area contributed by atoms with Gasteiger partial charge in [-0.3, -0.25) is 0 Å². The van der Waals surface area contributed by atoms with Crippen LogP contribution in [0.3, 0.4) is 0 Å². The summed E-state index contributed by atoms with van der Waals surface area (Å²) in [5.41, 5.74) is 5.45. The molecule has 0 radical (unpaired) electrons. The molecule has 0 aliphatic rings. The Kier molecular flexibility index (Phi) is 31.3. The molecule has 2 aromatic rings. The van der Waals surface area contributed by atoms with E-state index >= 15 is 0 Å². The zero-order valence-electron chi connectivity index (χ0n) is 39.6. The van der Waals surface area contributed by atoms with Crippen LogP contribution in [0.25, 0.3) is 11.1 Å². The predicted molar refractivity (Wildman–Crippen MR) is 259 cm³/mol. The molecule has 4 heteroatoms. The van der Waals surface area contributed by atoms with Gasteiger partial charge in [0.15, 0.2) is 0 Å². The molecule has 338 valence electrons. The van der Waals surface area contributed by atoms with Gasteiger partial charge in [-0.2, -0.15) is 0 Å². The van der Waals surface area contributed by atoms with Crippen LogP contribution in [-0.2, 0) is 22.4 Å². The van der Waals surface area contributed by atoms with Crippen molar-refractivity contribution in [2.75, 3.05) is 0 Å². The third-order valence-electron chi connectivity index (χ3n) is 12.2. The molecule has 0 saturated heterocycles. The van der Waals surface area contributed by atoms with E-state index in [1.54, 1.807) is 13.8 Å². The van der Waals surface area contributed by atoms with Crippen LogP contribution in [0.5, 0.6) is 11.5 Å². The molecule has 2 aromatic carbocycles. The van der Waals surface area contributed by atoms with E-state index in [1.807, 2.05) is 30.3 Å². The van der Waals surface area contributed by atoms with Crippen molar-refractivity contribution in [3.63, 3.8) is 0 Å². The first-order chi connectivity index (χ1) is 29.3. The standard InChI is InChI=1S/C56H90O4/c1-7-9-11-13-15-17-19-21-23-25-27-29-31-33-35-37-39-52-51(49-41-43-50(44-42-49)59-55(57)47(3)4)45-46-54(60-56(58)48(5)6)53(52)40-38-36-34-32-30-28-26-24-22-20-18-16-14-12-10-8-2/h41-46H,3,5,7-40H2,1-2,4,6H3. The molecule has 2 rings (SSSR count). The van der Waals surface area contributed by atoms with Crippen molar-refractivity contribution in [1.29, 1.82) is 0 Å². The lowest BCUT2D eigenvalue weighted by Crippen LogP contribution is -2.11. The minimum absolute atomic E-state index is 0.368. The molecule has 0 bridgehead atoms. The minimum Gasteiger partial charge on any atom is -0.423 e. The highest BCUT2D eigenvalue weighted by atomic mass is 16.5. The number of ether oxygens (including phenoxy) is 2. The molecule has 0 aliphatic carbocycles. The highest BCUT2D eigenvalue weighted by Gasteiger charge is 2.19. The summed E-state index contributed by atoms with van der Waals surface area (Å²) < 4.78 is 11.5. The lowest BCUT2D eigenvalue weighted by molar-refractivity contribution is -0.131. The van der Waals surface area contributed by atoms with Gasteiger partial charge in [0.25, 0.3) is 0 Å². The summed E-state index contributed by atoms with van der Waals surface area (Å²) in [6.07, 6.45) is 44.8. The molecule has 0 saturated carbocycles. The van der Waals surface area contributed by atoms with Crippen LogP contribution in [0.15, 0.2) is 60.7 Å². The number of rotatable bonds is 39. The number of carbonyl (C=O) groups excluding carboxylic acids is 2. The molecule has 0 N–H and O–H groups in total. The summed E-state index contributed by atoms with van der Waals surface area (Å²) in [6.45, 7) is 15.5. The largest absolute Gasteiger partial charge is 0.423 e. The summed E-state index contributed by atoms with van der Waals surface area (Å²) in [7, 11) is 0. The van der Waals surface area contributed by atoms with Crippen molar-refractivity contribution >= 4 is 11.9 Å². The first kappa shape index (κ1) is 53.0. The molecule has 0 atom stereocenters. The Hall–Kier alpha value is -3.14. The topological polar surface area (TPSA) is 52.6 Å². The van der Waals surface area contributed by atoms with Gasteiger partial charge in [-0.15, -0.1) is 0 Å². The van der Waals surface area contributed by atoms with Crippen LogP contribution < -0.4 is 9.47 Å². The van der Waals surface area contributed by atoms with Gasteiger partial charge in [-0.1, -0.05) is 238 Å². The maximum atomic E-state index is 12.9. The van der Waals surface area contributed by atoms with Crippen molar-refractivity contribution in [1.82, 2.24) is 0 Å². The van der Waals surface area contributed by atoms with Crippen LogP contribution in [0.1, 0.15) is 244 Å². The average molecular weight is 827 g/mol. The predicted octanol–water partition coefficient (Wildman–Crippen LogP) is 17.9. The molecular formula is C56H90O4. The Morgan fingerprint density at radius 1 is 0.400 bits per heavy atom. The first-order valence-corrected chi connectivity index (χ1v) is 25.3. The number of carbonyl (C=O) groups is 2. The number of esters is 2. The molecule has 0 spiro atoms. The molecule has 0 aromatic heterocycles. The molecule has 4 nitrogen and oxygen atoms in total. The van der Waals surface area contributed by atoms with Gasteiger partial charge >= 0.3 is 11.9 Å². The fraction of sp³-hybridized carbons (Fsp3) is 0.679. The molecule has 0 heterocycles. The summed E-state index contributed by atoms with van der Waals surface area (Å²) >= 11 is 0. The van der Waals surface area contributed by atoms with E-state index in [2.05, 4.69) is 33.1 Å². The smallest absolute Gasteiger partial charge is 0.338 e. The van der Waals surface area contributed by atoms with E-state index in [9.17, 15) is 9.59 Å². The maximum absolute atomic E-state index is 12.9. The van der Waals surface area contributed by atoms with Gasteiger partial charge in [0.2, 0.25) is 0 Å². The van der Waals surface area contributed by atoms with Crippen LogP contribution in [0, 0.1) is 0 Å². The van der Waals surface area contributed by atoms with E-state index in [0.717, 1.165) is 42.4 Å². The monoisotopic (exact) mass is 827 g/mol. The third kappa shape index (κ3) is 25.0. The second kappa shape index (κ2) is 35.5. The number of unbranched alkanes of at least 4 members (excludes halogenated alkanes) is 30. The minimum atomic E-state index is -0.420. The van der Waals surface area contributed by atoms with Gasteiger partial charge in [-0.05, 0) is 80.0 Å². The Morgan fingerprint density at radius 2 is 0.717 bits per heavy atom. The van der Waals surface area contributed by atoms with Gasteiger partial charge in [0.1, 0.15) is 11.5 Å². The van der Waals surface area contributed by atoms with E-state index in [1.165, 1.54) is 198 Å². The van der Waals surface area contributed by atoms with Crippen molar-refractivity contribution in [3.8, 4) is 22.6 Å². The number of hydrogen-bond donors (Lipinski definition) is 0. The molecule has 60 heavy (non-hydrogen) atoms. The van der Waals surface area contributed by atoms with Crippen LogP contribution in [0.4, 0.5) is 0 Å². The zero-order chi connectivity index (χ0) is 43.5. The Balaban J connectivity index is 1.98. The second-order valence-corrected chi connectivity index (χ2v) is 18.0. The Bertz CT molecular complexity index is 1440. The van der Waals surface area contributed by atoms with Crippen molar-refractivity contribution < 1.29 is 19.1 Å². The van der Waals surface area contributed by atoms with Crippen LogP contribution in [0.2, 0.25) is 0 Å². The summed E-state index contributed by atoms with van der Waals surface area (Å²) in [4.78, 5) is 25.1. The third-order valence-corrected chi connectivity index (χ3v) is 12.2. The van der Waals surface area contributed by atoms with Crippen molar-refractivity contribution in [3.05, 3.63) is 71.8 Å². The van der Waals surface area contributed by atoms with E-state index in [4.69, 9.17) is 9.47 Å². The fourth-order valence-electron chi connectivity index (χ4n) is 8.38. The molecule has 0 amide bonds. The second-order valence-electron chi connectivity index (χ2n) is 18.0. The van der Waals surface area contributed by atoms with Gasteiger partial charge in [0.05, 0.1) is 0 Å². The summed E-state index contributed by atoms with van der Waals surface area (Å²) in [6, 6.07) is 11.9. The van der Waals surface area contributed by atoms with E-state index < -0.39 is 5.97 Å². The highest BCUT2D eigenvalue weighted by Crippen LogP contribution is 2.36. The first-order valence-electron chi connectivity index (χ1n) is 25.3. The van der Waals surface area contributed by atoms with Gasteiger partial charge < -0.3 is 9.47 Å². The van der Waals surface area contributed by atoms with Gasteiger partial charge in [-0.25, -0.2) is 9.59 Å². The quantitative estimate of drug-likeness (QED) is 0.0292. The SMILES string of the molecule is C=C(C)C(=O)Oc1ccc(-c2ccc(OC(=O)C(=C)C)c(CCCCCCCCCCCCCCCCCC)c2CCCCCCCCCCCCCCCCCC)cc1. The average Bonchev–Trinajstić information content (AvgIpc) is 3.24. The van der Waals surface area contributed by atoms with Crippen molar-refractivity contribution in [2.45, 2.75) is 246 Å². The molecule has 0 fully saturated rings. The fourth-order valence-corrected chi connectivity index (χ4v) is 8.38. The molecule has 0 unspecified atom stereocenters. The number of benzene rings is 2. The molecular weight excluding hydrogens is 737 g/mol. The normalized spacial score (nSPS) is 11.2. The van der Waals surface area contributed by atoms with Crippen molar-refractivity contribution in [2.24, 2.45) is 0 Å². The van der Waals surface area contributed by atoms with E-state index in [0.29, 0.717) is 22.6 Å². The highest BCUT2D eigenvalue weighted by molar-refractivity contribution is 5.89. The lowest BCUT2D eigenvalue weighted by atomic mass is 9.88. The lowest BCUT2D eigenvalue weighted by Gasteiger charge is -2.20. The zero-order valence-corrected chi connectivity index (χ0v) is 39.6. The summed E-state index contributed by atoms with van der Waals surface area (Å²) in [5, 5.41) is 0. The van der Waals surface area contributed by atoms with Gasteiger partial charge in [0, 0.05) is 11.1 Å². The maximum Gasteiger partial charge on any atom is 0.338 e. The summed E-state index contributed by atoms with van der Waals surface area (Å²) in [5.74, 6) is 0.391. The Morgan fingerprint density at radius 3 is 1.07 bits per heavy atom. The molecule has 0 aliphatic heterocycles. The van der Waals surface area contributed by atoms with Crippen LogP contribution >= 0.6 is 0 Å². The van der Waals surface area contributed by atoms with Crippen LogP contribution in [-0.4, -0.2) is 11.9 Å². The Labute approximate surface area is 370 Å².